The van der Waals surface area contributed by atoms with E-state index < -0.39 is 0 Å². The van der Waals surface area contributed by atoms with Crippen LogP contribution in [0.15, 0.2) is 24.3 Å². The van der Waals surface area contributed by atoms with Gasteiger partial charge in [0.05, 0.1) is 5.69 Å². The van der Waals surface area contributed by atoms with E-state index in [1.165, 1.54) is 25.6 Å². The summed E-state index contributed by atoms with van der Waals surface area (Å²) in [7, 11) is 0. The first-order valence-corrected chi connectivity index (χ1v) is 6.86. The van der Waals surface area contributed by atoms with Crippen molar-refractivity contribution in [1.29, 1.82) is 0 Å². The van der Waals surface area contributed by atoms with Gasteiger partial charge in [-0.15, -0.1) is 0 Å². The van der Waals surface area contributed by atoms with Gasteiger partial charge in [-0.25, -0.2) is 4.39 Å². The Morgan fingerprint density at radius 2 is 1.89 bits per heavy atom. The average molecular weight is 250 g/mol. The number of rotatable bonds is 4. The van der Waals surface area contributed by atoms with Gasteiger partial charge in [-0.1, -0.05) is 26.0 Å². The van der Waals surface area contributed by atoms with E-state index in [0.29, 0.717) is 5.69 Å². The van der Waals surface area contributed by atoms with Gasteiger partial charge in [0.1, 0.15) is 5.82 Å². The van der Waals surface area contributed by atoms with Crippen LogP contribution in [-0.4, -0.2) is 31.1 Å². The van der Waals surface area contributed by atoms with Crippen molar-refractivity contribution in [3.05, 3.63) is 30.1 Å². The lowest BCUT2D eigenvalue weighted by atomic mass is 9.92. The second-order valence-electron chi connectivity index (χ2n) is 5.61. The molecule has 1 aromatic rings. The van der Waals surface area contributed by atoms with Crippen molar-refractivity contribution in [1.82, 2.24) is 4.90 Å². The van der Waals surface area contributed by atoms with E-state index in [1.807, 2.05) is 6.07 Å². The number of benzene rings is 1. The number of hydrogen-bond acceptors (Lipinski definition) is 2. The molecule has 0 radical (unpaired) electrons. The summed E-state index contributed by atoms with van der Waals surface area (Å²) >= 11 is 0. The molecule has 1 N–H and O–H groups in total. The number of para-hydroxylation sites is 1. The number of halogens is 1. The molecule has 3 heteroatoms. The third kappa shape index (κ3) is 3.70. The minimum atomic E-state index is -0.169. The van der Waals surface area contributed by atoms with Gasteiger partial charge in [0.25, 0.3) is 0 Å². The maximum absolute atomic E-state index is 13.4. The molecule has 2 nitrogen and oxygen atoms in total. The lowest BCUT2D eigenvalue weighted by Gasteiger charge is -2.35. The summed E-state index contributed by atoms with van der Waals surface area (Å²) in [4.78, 5) is 2.48. The third-order valence-corrected chi connectivity index (χ3v) is 3.56. The zero-order valence-corrected chi connectivity index (χ0v) is 11.3. The van der Waals surface area contributed by atoms with Crippen molar-refractivity contribution in [2.75, 3.05) is 31.5 Å². The van der Waals surface area contributed by atoms with Crippen LogP contribution < -0.4 is 5.32 Å². The van der Waals surface area contributed by atoms with E-state index in [-0.39, 0.29) is 5.82 Å². The highest BCUT2D eigenvalue weighted by Gasteiger charge is 2.21. The van der Waals surface area contributed by atoms with Gasteiger partial charge in [0, 0.05) is 26.2 Å². The molecule has 18 heavy (non-hydrogen) atoms. The molecule has 0 aliphatic carbocycles. The van der Waals surface area contributed by atoms with Crippen LogP contribution in [-0.2, 0) is 0 Å². The van der Waals surface area contributed by atoms with Gasteiger partial charge in [0.2, 0.25) is 0 Å². The zero-order valence-electron chi connectivity index (χ0n) is 11.3. The summed E-state index contributed by atoms with van der Waals surface area (Å²) in [5.41, 5.74) is 0.607. The SMILES string of the molecule is CC1CC(C)CN(CCNc2ccccc2F)C1. The summed E-state index contributed by atoms with van der Waals surface area (Å²) < 4.78 is 13.4. The van der Waals surface area contributed by atoms with Crippen molar-refractivity contribution in [3.8, 4) is 0 Å². The standard InChI is InChI=1S/C15H23FN2/c1-12-9-13(2)11-18(10-12)8-7-17-15-6-4-3-5-14(15)16/h3-6,12-13,17H,7-11H2,1-2H3. The van der Waals surface area contributed by atoms with Crippen LogP contribution in [0.1, 0.15) is 20.3 Å². The number of anilines is 1. The van der Waals surface area contributed by atoms with Crippen molar-refractivity contribution in [3.63, 3.8) is 0 Å². The van der Waals surface area contributed by atoms with Crippen LogP contribution >= 0.6 is 0 Å². The molecule has 1 aliphatic heterocycles. The maximum atomic E-state index is 13.4. The topological polar surface area (TPSA) is 15.3 Å². The molecule has 1 saturated heterocycles. The van der Waals surface area contributed by atoms with Crippen LogP contribution in [0, 0.1) is 17.7 Å². The van der Waals surface area contributed by atoms with Crippen LogP contribution in [0.4, 0.5) is 10.1 Å². The Kier molecular flexibility index (Phi) is 4.59. The highest BCUT2D eigenvalue weighted by atomic mass is 19.1. The molecule has 0 bridgehead atoms. The quantitative estimate of drug-likeness (QED) is 0.882. The molecular formula is C15H23FN2. The van der Waals surface area contributed by atoms with Crippen LogP contribution in [0.3, 0.4) is 0 Å². The second kappa shape index (κ2) is 6.19. The van der Waals surface area contributed by atoms with Crippen LogP contribution in [0.25, 0.3) is 0 Å². The molecule has 100 valence electrons. The van der Waals surface area contributed by atoms with E-state index in [9.17, 15) is 4.39 Å². The molecule has 0 spiro atoms. The fraction of sp³-hybridized carbons (Fsp3) is 0.600. The molecule has 1 aromatic carbocycles. The molecule has 1 heterocycles. The number of hydrogen-bond donors (Lipinski definition) is 1. The molecule has 0 saturated carbocycles. The zero-order chi connectivity index (χ0) is 13.0. The summed E-state index contributed by atoms with van der Waals surface area (Å²) in [6.07, 6.45) is 1.33. The van der Waals surface area contributed by atoms with Crippen molar-refractivity contribution in [2.24, 2.45) is 11.8 Å². The minimum absolute atomic E-state index is 0.169. The molecule has 1 fully saturated rings. The van der Waals surface area contributed by atoms with Crippen molar-refractivity contribution >= 4 is 5.69 Å². The fourth-order valence-electron chi connectivity index (χ4n) is 2.93. The Balaban J connectivity index is 1.77. The highest BCUT2D eigenvalue weighted by Crippen LogP contribution is 2.20. The molecule has 2 atom stereocenters. The maximum Gasteiger partial charge on any atom is 0.146 e. The van der Waals surface area contributed by atoms with E-state index in [2.05, 4.69) is 24.1 Å². The van der Waals surface area contributed by atoms with E-state index >= 15 is 0 Å². The van der Waals surface area contributed by atoms with Gasteiger partial charge in [-0.05, 0) is 30.4 Å². The van der Waals surface area contributed by atoms with Crippen molar-refractivity contribution in [2.45, 2.75) is 20.3 Å². The fourth-order valence-corrected chi connectivity index (χ4v) is 2.93. The smallest absolute Gasteiger partial charge is 0.146 e. The van der Waals surface area contributed by atoms with Gasteiger partial charge < -0.3 is 10.2 Å². The van der Waals surface area contributed by atoms with Gasteiger partial charge in [0.15, 0.2) is 0 Å². The number of nitrogens with zero attached hydrogens (tertiary/aromatic N) is 1. The highest BCUT2D eigenvalue weighted by molar-refractivity contribution is 5.44. The predicted octanol–water partition coefficient (Wildman–Crippen LogP) is 3.22. The minimum Gasteiger partial charge on any atom is -0.381 e. The second-order valence-corrected chi connectivity index (χ2v) is 5.61. The Labute approximate surface area is 109 Å². The summed E-state index contributed by atoms with van der Waals surface area (Å²) in [6.45, 7) is 8.76. The molecule has 1 aliphatic rings. The first-order chi connectivity index (χ1) is 8.65. The summed E-state index contributed by atoms with van der Waals surface area (Å²) in [5, 5.41) is 3.17. The number of piperidine rings is 1. The summed E-state index contributed by atoms with van der Waals surface area (Å²) in [5.74, 6) is 1.39. The van der Waals surface area contributed by atoms with Crippen LogP contribution in [0.5, 0.6) is 0 Å². The lowest BCUT2D eigenvalue weighted by molar-refractivity contribution is 0.146. The molecule has 0 aromatic heterocycles. The normalized spacial score (nSPS) is 25.1. The predicted molar refractivity (Wildman–Crippen MR) is 74.3 cm³/mol. The van der Waals surface area contributed by atoms with Crippen LogP contribution in [0.2, 0.25) is 0 Å². The Bertz CT molecular complexity index is 371. The largest absolute Gasteiger partial charge is 0.381 e. The van der Waals surface area contributed by atoms with E-state index in [4.69, 9.17) is 0 Å². The van der Waals surface area contributed by atoms with E-state index in [1.54, 1.807) is 12.1 Å². The Hall–Kier alpha value is -1.09. The Morgan fingerprint density at radius 1 is 1.22 bits per heavy atom. The van der Waals surface area contributed by atoms with Crippen molar-refractivity contribution < 1.29 is 4.39 Å². The molecule has 2 unspecified atom stereocenters. The summed E-state index contributed by atoms with van der Waals surface area (Å²) in [6, 6.07) is 6.86. The average Bonchev–Trinajstić information content (AvgIpc) is 2.30. The number of likely N-dealkylation sites (tertiary alicyclic amines) is 1. The van der Waals surface area contributed by atoms with Gasteiger partial charge in [-0.2, -0.15) is 0 Å². The Morgan fingerprint density at radius 3 is 2.56 bits per heavy atom. The van der Waals surface area contributed by atoms with Gasteiger partial charge >= 0.3 is 0 Å². The molecular weight excluding hydrogens is 227 g/mol. The van der Waals surface area contributed by atoms with Gasteiger partial charge in [-0.3, -0.25) is 0 Å². The van der Waals surface area contributed by atoms with E-state index in [0.717, 1.165) is 24.9 Å². The third-order valence-electron chi connectivity index (χ3n) is 3.56. The number of nitrogens with one attached hydrogen (secondary N) is 1. The molecule has 0 amide bonds. The first-order valence-electron chi connectivity index (χ1n) is 6.86. The monoisotopic (exact) mass is 250 g/mol. The lowest BCUT2D eigenvalue weighted by Crippen LogP contribution is -2.41. The first kappa shape index (κ1) is 13.3. The molecule has 2 rings (SSSR count).